The first-order valence-corrected chi connectivity index (χ1v) is 7.55. The number of unbranched alkanes of at least 4 members (excludes halogenated alkanes) is 6. The molecule has 0 aliphatic rings. The number of hydrogen-bond donors (Lipinski definition) is 2. The first kappa shape index (κ1) is 16.9. The van der Waals surface area contributed by atoms with Crippen LogP contribution in [0.4, 0.5) is 0 Å². The lowest BCUT2D eigenvalue weighted by atomic mass is 10.1. The lowest BCUT2D eigenvalue weighted by molar-refractivity contribution is 0.157. The molecule has 17 heavy (non-hydrogen) atoms. The summed E-state index contributed by atoms with van der Waals surface area (Å²) in [6.45, 7) is 8.40. The maximum Gasteiger partial charge on any atom is 0.0664 e. The van der Waals surface area contributed by atoms with Gasteiger partial charge in [0.25, 0.3) is 0 Å². The van der Waals surface area contributed by atoms with Crippen molar-refractivity contribution in [2.75, 3.05) is 13.1 Å². The van der Waals surface area contributed by atoms with E-state index in [4.69, 9.17) is 0 Å². The molecule has 0 fully saturated rings. The van der Waals surface area contributed by atoms with Crippen molar-refractivity contribution in [2.24, 2.45) is 5.92 Å². The fraction of sp³-hybridized carbons (Fsp3) is 1.00. The van der Waals surface area contributed by atoms with Crippen LogP contribution in [0.1, 0.15) is 72.1 Å². The van der Waals surface area contributed by atoms with Gasteiger partial charge in [-0.15, -0.1) is 0 Å². The molecule has 0 aromatic carbocycles. The fourth-order valence-electron chi connectivity index (χ4n) is 1.98. The number of rotatable bonds is 12. The minimum atomic E-state index is -0.149. The van der Waals surface area contributed by atoms with Crippen molar-refractivity contribution in [2.45, 2.75) is 78.2 Å². The van der Waals surface area contributed by atoms with Gasteiger partial charge in [-0.3, -0.25) is 0 Å². The Morgan fingerprint density at radius 1 is 0.882 bits per heavy atom. The van der Waals surface area contributed by atoms with E-state index in [0.29, 0.717) is 5.92 Å². The Kier molecular flexibility index (Phi) is 12.3. The van der Waals surface area contributed by atoms with Gasteiger partial charge in [-0.05, 0) is 18.9 Å². The normalized spacial score (nSPS) is 13.2. The molecule has 0 bridgehead atoms. The summed E-state index contributed by atoms with van der Waals surface area (Å²) < 4.78 is 0. The molecule has 0 amide bonds. The molecule has 0 saturated carbocycles. The Labute approximate surface area is 108 Å². The monoisotopic (exact) mass is 243 g/mol. The molecule has 0 spiro atoms. The molecule has 0 saturated heterocycles. The minimum Gasteiger partial charge on any atom is -0.392 e. The van der Waals surface area contributed by atoms with Crippen molar-refractivity contribution in [3.8, 4) is 0 Å². The summed E-state index contributed by atoms with van der Waals surface area (Å²) >= 11 is 0. The van der Waals surface area contributed by atoms with Crippen molar-refractivity contribution in [1.82, 2.24) is 5.32 Å². The van der Waals surface area contributed by atoms with E-state index in [-0.39, 0.29) is 6.10 Å². The summed E-state index contributed by atoms with van der Waals surface area (Å²) in [7, 11) is 0. The molecular formula is C15H33NO. The van der Waals surface area contributed by atoms with Crippen LogP contribution in [0, 0.1) is 5.92 Å². The smallest absolute Gasteiger partial charge is 0.0664 e. The summed E-state index contributed by atoms with van der Waals surface area (Å²) in [5, 5.41) is 13.0. The van der Waals surface area contributed by atoms with Gasteiger partial charge in [-0.2, -0.15) is 0 Å². The molecule has 2 nitrogen and oxygen atoms in total. The Morgan fingerprint density at radius 3 is 2.06 bits per heavy atom. The zero-order chi connectivity index (χ0) is 12.9. The third kappa shape index (κ3) is 13.9. The fourth-order valence-corrected chi connectivity index (χ4v) is 1.98. The van der Waals surface area contributed by atoms with Crippen LogP contribution in [-0.2, 0) is 0 Å². The first-order valence-electron chi connectivity index (χ1n) is 7.55. The summed E-state index contributed by atoms with van der Waals surface area (Å²) in [5.41, 5.74) is 0. The topological polar surface area (TPSA) is 32.3 Å². The predicted molar refractivity (Wildman–Crippen MR) is 76.3 cm³/mol. The Morgan fingerprint density at radius 2 is 1.47 bits per heavy atom. The molecule has 0 rings (SSSR count). The van der Waals surface area contributed by atoms with E-state index in [1.165, 1.54) is 44.9 Å². The first-order chi connectivity index (χ1) is 8.16. The molecule has 104 valence electrons. The molecule has 0 aliphatic heterocycles. The van der Waals surface area contributed by atoms with Crippen LogP contribution in [-0.4, -0.2) is 24.3 Å². The molecule has 0 aromatic rings. The second kappa shape index (κ2) is 12.4. The van der Waals surface area contributed by atoms with E-state index in [0.717, 1.165) is 19.5 Å². The summed E-state index contributed by atoms with van der Waals surface area (Å²) in [6.07, 6.45) is 10.1. The quantitative estimate of drug-likeness (QED) is 0.512. The third-order valence-corrected chi connectivity index (χ3v) is 3.07. The lowest BCUT2D eigenvalue weighted by Crippen LogP contribution is -2.29. The van der Waals surface area contributed by atoms with E-state index in [1.54, 1.807) is 0 Å². The molecule has 1 unspecified atom stereocenters. The molecular weight excluding hydrogens is 210 g/mol. The molecule has 0 radical (unpaired) electrons. The van der Waals surface area contributed by atoms with Gasteiger partial charge in [0, 0.05) is 6.54 Å². The molecule has 0 aliphatic carbocycles. The zero-order valence-corrected chi connectivity index (χ0v) is 12.2. The summed E-state index contributed by atoms with van der Waals surface area (Å²) in [5.74, 6) is 0.667. The van der Waals surface area contributed by atoms with Crippen molar-refractivity contribution >= 4 is 0 Å². The van der Waals surface area contributed by atoms with Crippen LogP contribution in [0.15, 0.2) is 0 Å². The SMILES string of the molecule is CCCCCCCCCC(O)CNCC(C)C. The van der Waals surface area contributed by atoms with Gasteiger partial charge in [0.05, 0.1) is 6.10 Å². The van der Waals surface area contributed by atoms with Gasteiger partial charge in [-0.1, -0.05) is 65.7 Å². The van der Waals surface area contributed by atoms with Gasteiger partial charge >= 0.3 is 0 Å². The highest BCUT2D eigenvalue weighted by atomic mass is 16.3. The van der Waals surface area contributed by atoms with Gasteiger partial charge in [0.15, 0.2) is 0 Å². The Balaban J connectivity index is 3.13. The second-order valence-corrected chi connectivity index (χ2v) is 5.62. The number of aliphatic hydroxyl groups is 1. The van der Waals surface area contributed by atoms with E-state index in [2.05, 4.69) is 26.1 Å². The van der Waals surface area contributed by atoms with Gasteiger partial charge < -0.3 is 10.4 Å². The highest BCUT2D eigenvalue weighted by molar-refractivity contribution is 4.61. The minimum absolute atomic E-state index is 0.149. The molecule has 0 aromatic heterocycles. The van der Waals surface area contributed by atoms with E-state index < -0.39 is 0 Å². The van der Waals surface area contributed by atoms with Crippen molar-refractivity contribution < 1.29 is 5.11 Å². The van der Waals surface area contributed by atoms with Crippen LogP contribution in [0.25, 0.3) is 0 Å². The average molecular weight is 243 g/mol. The second-order valence-electron chi connectivity index (χ2n) is 5.62. The summed E-state index contributed by atoms with van der Waals surface area (Å²) in [4.78, 5) is 0. The van der Waals surface area contributed by atoms with E-state index in [1.807, 2.05) is 0 Å². The predicted octanol–water partition coefficient (Wildman–Crippen LogP) is 3.73. The highest BCUT2D eigenvalue weighted by Crippen LogP contribution is 2.09. The number of hydrogen-bond acceptors (Lipinski definition) is 2. The number of aliphatic hydroxyl groups excluding tert-OH is 1. The van der Waals surface area contributed by atoms with Gasteiger partial charge in [0.1, 0.15) is 0 Å². The Bertz CT molecular complexity index is 148. The van der Waals surface area contributed by atoms with Crippen molar-refractivity contribution in [3.63, 3.8) is 0 Å². The van der Waals surface area contributed by atoms with Crippen molar-refractivity contribution in [1.29, 1.82) is 0 Å². The highest BCUT2D eigenvalue weighted by Gasteiger charge is 2.03. The van der Waals surface area contributed by atoms with E-state index >= 15 is 0 Å². The van der Waals surface area contributed by atoms with E-state index in [9.17, 15) is 5.11 Å². The van der Waals surface area contributed by atoms with Gasteiger partial charge in [0.2, 0.25) is 0 Å². The lowest BCUT2D eigenvalue weighted by Gasteiger charge is -2.12. The zero-order valence-electron chi connectivity index (χ0n) is 12.2. The van der Waals surface area contributed by atoms with Crippen LogP contribution in [0.5, 0.6) is 0 Å². The van der Waals surface area contributed by atoms with Crippen molar-refractivity contribution in [3.05, 3.63) is 0 Å². The summed E-state index contributed by atoms with van der Waals surface area (Å²) in [6, 6.07) is 0. The van der Waals surface area contributed by atoms with Crippen LogP contribution < -0.4 is 5.32 Å². The maximum absolute atomic E-state index is 9.74. The molecule has 0 heterocycles. The third-order valence-electron chi connectivity index (χ3n) is 3.07. The maximum atomic E-state index is 9.74. The average Bonchev–Trinajstić information content (AvgIpc) is 2.27. The standard InChI is InChI=1S/C15H33NO/c1-4-5-6-7-8-9-10-11-15(17)13-16-12-14(2)3/h14-17H,4-13H2,1-3H3. The molecule has 1 atom stereocenters. The molecule has 2 heteroatoms. The largest absolute Gasteiger partial charge is 0.392 e. The van der Waals surface area contributed by atoms with Crippen LogP contribution in [0.3, 0.4) is 0 Å². The van der Waals surface area contributed by atoms with Crippen LogP contribution in [0.2, 0.25) is 0 Å². The Hall–Kier alpha value is -0.0800. The van der Waals surface area contributed by atoms with Gasteiger partial charge in [-0.25, -0.2) is 0 Å². The molecule has 2 N–H and O–H groups in total. The number of nitrogens with one attached hydrogen (secondary N) is 1. The van der Waals surface area contributed by atoms with Crippen LogP contribution >= 0.6 is 0 Å².